The van der Waals surface area contributed by atoms with Crippen LogP contribution in [0.4, 0.5) is 0 Å². The molecule has 0 amide bonds. The third kappa shape index (κ3) is 3.88. The van der Waals surface area contributed by atoms with Crippen LogP contribution in [0.1, 0.15) is 22.5 Å². The number of esters is 1. The highest BCUT2D eigenvalue weighted by molar-refractivity contribution is 5.94. The van der Waals surface area contributed by atoms with E-state index in [1.807, 2.05) is 6.07 Å². The molecule has 0 saturated carbocycles. The number of aromatic nitrogens is 2. The molecule has 1 fully saturated rings. The normalized spacial score (nSPS) is 15.4. The molecule has 7 heteroatoms. The van der Waals surface area contributed by atoms with Crippen molar-refractivity contribution in [1.82, 2.24) is 14.5 Å². The lowest BCUT2D eigenvalue weighted by atomic mass is 10.1. The molecule has 0 atom stereocenters. The molecular weight excluding hydrogens is 322 g/mol. The van der Waals surface area contributed by atoms with Crippen molar-refractivity contribution in [1.29, 1.82) is 0 Å². The predicted molar refractivity (Wildman–Crippen MR) is 94.0 cm³/mol. The van der Waals surface area contributed by atoms with Gasteiger partial charge >= 0.3 is 5.97 Å². The molecule has 0 bridgehead atoms. The van der Waals surface area contributed by atoms with Gasteiger partial charge in [0.2, 0.25) is 0 Å². The molecule has 25 heavy (non-hydrogen) atoms. The number of methoxy groups -OCH3 is 1. The Bertz CT molecular complexity index is 825. The summed E-state index contributed by atoms with van der Waals surface area (Å²) in [4.78, 5) is 31.3. The lowest BCUT2D eigenvalue weighted by Crippen LogP contribution is -2.37. The average molecular weight is 345 g/mol. The Labute approximate surface area is 146 Å². The van der Waals surface area contributed by atoms with Crippen molar-refractivity contribution in [2.75, 3.05) is 40.0 Å². The van der Waals surface area contributed by atoms with Crippen LogP contribution in [0.3, 0.4) is 0 Å². The van der Waals surface area contributed by atoms with E-state index in [4.69, 9.17) is 9.47 Å². The summed E-state index contributed by atoms with van der Waals surface area (Å²) in [6, 6.07) is 3.41. The average Bonchev–Trinajstić information content (AvgIpc) is 2.63. The molecule has 2 aromatic rings. The predicted octanol–water partition coefficient (Wildman–Crippen LogP) is 1.21. The number of aryl methyl sites for hydroxylation is 2. The Morgan fingerprint density at radius 1 is 1.32 bits per heavy atom. The van der Waals surface area contributed by atoms with E-state index in [9.17, 15) is 9.59 Å². The van der Waals surface area contributed by atoms with Crippen molar-refractivity contribution in [3.05, 3.63) is 39.9 Å². The van der Waals surface area contributed by atoms with Gasteiger partial charge in [0.15, 0.2) is 0 Å². The van der Waals surface area contributed by atoms with Gasteiger partial charge in [-0.15, -0.1) is 0 Å². The van der Waals surface area contributed by atoms with Crippen molar-refractivity contribution in [2.45, 2.75) is 19.9 Å². The zero-order chi connectivity index (χ0) is 17.8. The number of morpholine rings is 1. The van der Waals surface area contributed by atoms with Crippen LogP contribution >= 0.6 is 0 Å². The number of carbonyl (C=O) groups is 1. The summed E-state index contributed by atoms with van der Waals surface area (Å²) in [7, 11) is 1.32. The number of fused-ring (bicyclic) bond motifs is 1. The van der Waals surface area contributed by atoms with E-state index in [0.717, 1.165) is 39.3 Å². The van der Waals surface area contributed by atoms with E-state index in [1.54, 1.807) is 23.8 Å². The minimum Gasteiger partial charge on any atom is -0.465 e. The number of hydrogen-bond donors (Lipinski definition) is 0. The maximum atomic E-state index is 12.7. The van der Waals surface area contributed by atoms with Crippen molar-refractivity contribution in [3.63, 3.8) is 0 Å². The van der Waals surface area contributed by atoms with E-state index in [2.05, 4.69) is 9.88 Å². The van der Waals surface area contributed by atoms with E-state index < -0.39 is 5.97 Å². The first-order valence-corrected chi connectivity index (χ1v) is 8.49. The molecule has 3 heterocycles. The zero-order valence-electron chi connectivity index (χ0n) is 14.7. The van der Waals surface area contributed by atoms with Crippen LogP contribution < -0.4 is 5.56 Å². The maximum Gasteiger partial charge on any atom is 0.339 e. The highest BCUT2D eigenvalue weighted by atomic mass is 16.5. The SMILES string of the molecule is COC(=O)c1cc2c(=O)n(CCCN3CCOCC3)ccc2nc1C. The van der Waals surface area contributed by atoms with Crippen LogP contribution in [-0.4, -0.2) is 60.4 Å². The summed E-state index contributed by atoms with van der Waals surface area (Å²) < 4.78 is 11.8. The molecule has 0 aromatic carbocycles. The first-order valence-electron chi connectivity index (χ1n) is 8.49. The Morgan fingerprint density at radius 3 is 2.80 bits per heavy atom. The van der Waals surface area contributed by atoms with Crippen molar-refractivity contribution in [3.8, 4) is 0 Å². The van der Waals surface area contributed by atoms with Gasteiger partial charge in [-0.3, -0.25) is 14.7 Å². The quantitative estimate of drug-likeness (QED) is 0.759. The standard InChI is InChI=1S/C18H23N3O4/c1-13-14(18(23)24-2)12-15-16(19-13)4-7-21(17(15)22)6-3-5-20-8-10-25-11-9-20/h4,7,12H,3,5-6,8-11H2,1-2H3. The van der Waals surface area contributed by atoms with Crippen LogP contribution in [0.2, 0.25) is 0 Å². The molecule has 0 spiro atoms. The van der Waals surface area contributed by atoms with Gasteiger partial charge < -0.3 is 14.0 Å². The summed E-state index contributed by atoms with van der Waals surface area (Å²) >= 11 is 0. The Kier molecular flexibility index (Phi) is 5.45. The first-order chi connectivity index (χ1) is 12.1. The van der Waals surface area contributed by atoms with Crippen LogP contribution in [0.15, 0.2) is 23.1 Å². The van der Waals surface area contributed by atoms with Crippen LogP contribution in [-0.2, 0) is 16.0 Å². The molecular formula is C18H23N3O4. The summed E-state index contributed by atoms with van der Waals surface area (Å²) in [5, 5.41) is 0.444. The first kappa shape index (κ1) is 17.6. The summed E-state index contributed by atoms with van der Waals surface area (Å²) in [6.45, 7) is 6.74. The molecule has 0 N–H and O–H groups in total. The number of nitrogens with zero attached hydrogens (tertiary/aromatic N) is 3. The Hall–Kier alpha value is -2.25. The lowest BCUT2D eigenvalue weighted by molar-refractivity contribution is 0.0369. The Balaban J connectivity index is 1.79. The van der Waals surface area contributed by atoms with E-state index in [-0.39, 0.29) is 5.56 Å². The summed E-state index contributed by atoms with van der Waals surface area (Å²) in [5.41, 5.74) is 1.36. The van der Waals surface area contributed by atoms with Crippen LogP contribution in [0, 0.1) is 6.92 Å². The summed E-state index contributed by atoms with van der Waals surface area (Å²) in [6.07, 6.45) is 2.66. The minimum atomic E-state index is -0.478. The fourth-order valence-corrected chi connectivity index (χ4v) is 3.09. The topological polar surface area (TPSA) is 73.7 Å². The third-order valence-electron chi connectivity index (χ3n) is 4.53. The van der Waals surface area contributed by atoms with Crippen molar-refractivity contribution >= 4 is 16.9 Å². The Morgan fingerprint density at radius 2 is 2.08 bits per heavy atom. The summed E-state index contributed by atoms with van der Waals surface area (Å²) in [5.74, 6) is -0.478. The fourth-order valence-electron chi connectivity index (χ4n) is 3.09. The molecule has 1 aliphatic rings. The van der Waals surface area contributed by atoms with E-state index >= 15 is 0 Å². The fraction of sp³-hybridized carbons (Fsp3) is 0.500. The molecule has 134 valence electrons. The molecule has 1 aliphatic heterocycles. The number of ether oxygens (including phenoxy) is 2. The van der Waals surface area contributed by atoms with Crippen molar-refractivity contribution < 1.29 is 14.3 Å². The van der Waals surface area contributed by atoms with Gasteiger partial charge in [-0.25, -0.2) is 4.79 Å². The van der Waals surface area contributed by atoms with Gasteiger partial charge in [0.1, 0.15) is 0 Å². The monoisotopic (exact) mass is 345 g/mol. The molecule has 0 radical (unpaired) electrons. The molecule has 1 saturated heterocycles. The van der Waals surface area contributed by atoms with Gasteiger partial charge in [-0.1, -0.05) is 0 Å². The number of carbonyl (C=O) groups excluding carboxylic acids is 1. The maximum absolute atomic E-state index is 12.7. The number of pyridine rings is 2. The van der Waals surface area contributed by atoms with Gasteiger partial charge in [-0.05, 0) is 25.5 Å². The molecule has 0 aliphatic carbocycles. The van der Waals surface area contributed by atoms with Gasteiger partial charge in [0.05, 0.1) is 42.5 Å². The number of rotatable bonds is 5. The molecule has 0 unspecified atom stereocenters. The highest BCUT2D eigenvalue weighted by Gasteiger charge is 2.14. The van der Waals surface area contributed by atoms with Crippen molar-refractivity contribution in [2.24, 2.45) is 0 Å². The largest absolute Gasteiger partial charge is 0.465 e. The van der Waals surface area contributed by atoms with E-state index in [0.29, 0.717) is 28.7 Å². The lowest BCUT2D eigenvalue weighted by Gasteiger charge is -2.26. The van der Waals surface area contributed by atoms with Crippen LogP contribution in [0.5, 0.6) is 0 Å². The number of hydrogen-bond acceptors (Lipinski definition) is 6. The zero-order valence-corrected chi connectivity index (χ0v) is 14.7. The molecule has 7 nitrogen and oxygen atoms in total. The highest BCUT2D eigenvalue weighted by Crippen LogP contribution is 2.14. The molecule has 2 aromatic heterocycles. The third-order valence-corrected chi connectivity index (χ3v) is 4.53. The molecule has 3 rings (SSSR count). The van der Waals surface area contributed by atoms with Gasteiger partial charge in [0.25, 0.3) is 5.56 Å². The smallest absolute Gasteiger partial charge is 0.339 e. The van der Waals surface area contributed by atoms with E-state index in [1.165, 1.54) is 7.11 Å². The second kappa shape index (κ2) is 7.76. The second-order valence-corrected chi connectivity index (χ2v) is 6.17. The van der Waals surface area contributed by atoms with Gasteiger partial charge in [-0.2, -0.15) is 0 Å². The second-order valence-electron chi connectivity index (χ2n) is 6.17. The van der Waals surface area contributed by atoms with Gasteiger partial charge in [0, 0.05) is 32.4 Å². The van der Waals surface area contributed by atoms with Crippen LogP contribution in [0.25, 0.3) is 10.9 Å². The minimum absolute atomic E-state index is 0.128.